The molecule has 41 heavy (non-hydrogen) atoms. The zero-order valence-electron chi connectivity index (χ0n) is 21.2. The van der Waals surface area contributed by atoms with Crippen molar-refractivity contribution in [3.8, 4) is 0 Å². The molecule has 3 unspecified atom stereocenters. The van der Waals surface area contributed by atoms with Crippen molar-refractivity contribution < 1.29 is 73.3 Å². The maximum Gasteiger partial charge on any atom is 0.475 e. The van der Waals surface area contributed by atoms with Gasteiger partial charge in [-0.25, -0.2) is 18.7 Å². The minimum atomic E-state index is -5.52. The van der Waals surface area contributed by atoms with Crippen LogP contribution in [0, 0.1) is 0 Å². The van der Waals surface area contributed by atoms with Crippen molar-refractivity contribution in [1.82, 2.24) is 14.9 Å². The van der Waals surface area contributed by atoms with Crippen LogP contribution in [0.4, 0.5) is 5.82 Å². The fraction of sp³-hybridized carbons (Fsp3) is 0.700. The van der Waals surface area contributed by atoms with Crippen molar-refractivity contribution in [1.29, 1.82) is 0 Å². The van der Waals surface area contributed by atoms with Crippen LogP contribution >= 0.6 is 7.82 Å². The third-order valence-electron chi connectivity index (χ3n) is 6.31. The summed E-state index contributed by atoms with van der Waals surface area (Å²) in [6.45, 7) is -1.05. The largest absolute Gasteiger partial charge is 0.477 e. The highest BCUT2D eigenvalue weighted by atomic mass is 31.2. The second kappa shape index (κ2) is 12.7. The van der Waals surface area contributed by atoms with Gasteiger partial charge in [-0.15, -0.1) is 0 Å². The number of aromatic nitrogens is 2. The van der Waals surface area contributed by atoms with E-state index in [-0.39, 0.29) is 5.82 Å². The van der Waals surface area contributed by atoms with Crippen molar-refractivity contribution in [3.05, 3.63) is 22.7 Å². The van der Waals surface area contributed by atoms with E-state index in [4.69, 9.17) is 24.3 Å². The first kappa shape index (κ1) is 32.9. The van der Waals surface area contributed by atoms with Gasteiger partial charge in [-0.05, 0) is 6.07 Å². The van der Waals surface area contributed by atoms with Gasteiger partial charge in [0, 0.05) is 19.5 Å². The van der Waals surface area contributed by atoms with Gasteiger partial charge in [-0.3, -0.25) is 13.9 Å². The number of nitrogens with one attached hydrogen (secondary N) is 1. The van der Waals surface area contributed by atoms with E-state index in [1.807, 2.05) is 0 Å². The number of nitrogens with zero attached hydrogens (tertiary/aromatic N) is 2. The Morgan fingerprint density at radius 2 is 1.98 bits per heavy atom. The molecule has 3 heterocycles. The van der Waals surface area contributed by atoms with Gasteiger partial charge in [-0.1, -0.05) is 0 Å². The van der Waals surface area contributed by atoms with Crippen molar-refractivity contribution in [2.24, 2.45) is 0 Å². The summed E-state index contributed by atoms with van der Waals surface area (Å²) in [4.78, 5) is 49.6. The molecular formula is C20H31N4O16P. The van der Waals surface area contributed by atoms with E-state index < -0.39 is 106 Å². The molecule has 0 bridgehead atoms. The normalized spacial score (nSPS) is 34.9. The topological polar surface area (TPSA) is 323 Å². The highest BCUT2D eigenvalue weighted by Crippen LogP contribution is 2.51. The highest BCUT2D eigenvalue weighted by molar-refractivity contribution is 7.47. The number of nitrogen functional groups attached to an aromatic ring is 1. The molecule has 1 aromatic rings. The van der Waals surface area contributed by atoms with Crippen LogP contribution in [0.5, 0.6) is 0 Å². The lowest BCUT2D eigenvalue weighted by Crippen LogP contribution is -2.67. The zero-order chi connectivity index (χ0) is 30.9. The first-order valence-electron chi connectivity index (χ1n) is 11.9. The Morgan fingerprint density at radius 3 is 2.54 bits per heavy atom. The van der Waals surface area contributed by atoms with Gasteiger partial charge in [0.05, 0.1) is 25.4 Å². The molecule has 2 fully saturated rings. The van der Waals surface area contributed by atoms with Gasteiger partial charge in [0.15, 0.2) is 6.23 Å². The number of phosphoric acid groups is 1. The number of rotatable bonds is 11. The summed E-state index contributed by atoms with van der Waals surface area (Å²) in [5, 5.41) is 72.7. The van der Waals surface area contributed by atoms with Crippen LogP contribution in [-0.2, 0) is 32.7 Å². The first-order valence-corrected chi connectivity index (χ1v) is 13.4. The Bertz CT molecular complexity index is 1220. The van der Waals surface area contributed by atoms with Gasteiger partial charge in [0.2, 0.25) is 5.91 Å². The number of carbonyl (C=O) groups excluding carboxylic acids is 1. The Labute approximate surface area is 230 Å². The number of aliphatic hydroxyl groups excluding tert-OH is 6. The van der Waals surface area contributed by atoms with Gasteiger partial charge in [0.25, 0.3) is 5.79 Å². The van der Waals surface area contributed by atoms with Crippen LogP contribution in [0.1, 0.15) is 19.6 Å². The molecule has 20 nitrogen and oxygen atoms in total. The summed E-state index contributed by atoms with van der Waals surface area (Å²) in [7, 11) is -5.52. The molecule has 2 saturated heterocycles. The summed E-state index contributed by atoms with van der Waals surface area (Å²) in [6, 6.07) is -0.362. The van der Waals surface area contributed by atoms with Crippen molar-refractivity contribution >= 4 is 25.5 Å². The van der Waals surface area contributed by atoms with Gasteiger partial charge in [-0.2, -0.15) is 4.98 Å². The molecule has 232 valence electrons. The number of aliphatic carboxylic acids is 1. The molecule has 0 aromatic carbocycles. The van der Waals surface area contributed by atoms with Crippen LogP contribution in [0.15, 0.2) is 17.1 Å². The molecule has 1 aromatic heterocycles. The van der Waals surface area contributed by atoms with Gasteiger partial charge < -0.3 is 61.2 Å². The number of hydrogen-bond acceptors (Lipinski definition) is 16. The number of hydrogen-bond donors (Lipinski definition) is 10. The molecule has 2 aliphatic rings. The molecule has 0 spiro atoms. The second-order valence-corrected chi connectivity index (χ2v) is 10.7. The molecule has 11 atom stereocenters. The number of ether oxygens (including phenoxy) is 2. The lowest BCUT2D eigenvalue weighted by Gasteiger charge is -2.46. The average Bonchev–Trinajstić information content (AvgIpc) is 3.16. The Morgan fingerprint density at radius 1 is 1.32 bits per heavy atom. The summed E-state index contributed by atoms with van der Waals surface area (Å²) in [5.41, 5.74) is 4.46. The van der Waals surface area contributed by atoms with E-state index in [0.29, 0.717) is 0 Å². The van der Waals surface area contributed by atoms with Crippen LogP contribution in [0.25, 0.3) is 0 Å². The van der Waals surface area contributed by atoms with E-state index in [0.717, 1.165) is 17.7 Å². The number of phosphoric ester groups is 1. The molecule has 11 N–H and O–H groups in total. The number of aliphatic hydroxyl groups is 6. The summed E-state index contributed by atoms with van der Waals surface area (Å²) < 4.78 is 33.7. The van der Waals surface area contributed by atoms with Crippen molar-refractivity contribution in [2.75, 3.05) is 18.9 Å². The summed E-state index contributed by atoms with van der Waals surface area (Å²) in [5.74, 6) is -6.20. The molecule has 1 amide bonds. The Kier molecular flexibility index (Phi) is 10.2. The summed E-state index contributed by atoms with van der Waals surface area (Å²) in [6.07, 6.45) is -14.6. The molecule has 3 rings (SSSR count). The van der Waals surface area contributed by atoms with Gasteiger partial charge >= 0.3 is 19.5 Å². The number of carbonyl (C=O) groups is 2. The maximum atomic E-state index is 12.8. The molecule has 0 radical (unpaired) electrons. The van der Waals surface area contributed by atoms with Crippen LogP contribution < -0.4 is 16.7 Å². The van der Waals surface area contributed by atoms with E-state index >= 15 is 0 Å². The molecule has 21 heteroatoms. The number of carboxylic acid groups (broad SMARTS) is 1. The average molecular weight is 614 g/mol. The minimum absolute atomic E-state index is 0.135. The lowest BCUT2D eigenvalue weighted by molar-refractivity contribution is -0.289. The van der Waals surface area contributed by atoms with Crippen LogP contribution in [-0.4, -0.2) is 130 Å². The Balaban J connectivity index is 1.79. The second-order valence-electron chi connectivity index (χ2n) is 9.32. The van der Waals surface area contributed by atoms with E-state index in [1.165, 1.54) is 6.07 Å². The third kappa shape index (κ3) is 7.25. The molecular weight excluding hydrogens is 583 g/mol. The zero-order valence-corrected chi connectivity index (χ0v) is 22.1. The number of anilines is 1. The predicted molar refractivity (Wildman–Crippen MR) is 128 cm³/mol. The molecule has 0 aliphatic carbocycles. The minimum Gasteiger partial charge on any atom is -0.477 e. The smallest absolute Gasteiger partial charge is 0.475 e. The molecule has 0 saturated carbocycles. The summed E-state index contributed by atoms with van der Waals surface area (Å²) >= 11 is 0. The Hall–Kier alpha value is -2.59. The fourth-order valence-corrected chi connectivity index (χ4v) is 5.27. The maximum absolute atomic E-state index is 12.8. The third-order valence-corrected chi connectivity index (χ3v) is 7.32. The SMILES string of the molecule is CC(=O)N[C@H]1C([C@H](O)[C@H](O)CO)O[C@](OP(=O)(O)OC[C@H]2O[C@@H](n3ccc(N)nc3=O)C(O)[C@H]2O)(C(=O)O)C[C@@H]1O. The quantitative estimate of drug-likeness (QED) is 0.104. The highest BCUT2D eigenvalue weighted by Gasteiger charge is 2.59. The van der Waals surface area contributed by atoms with Gasteiger partial charge in [0.1, 0.15) is 42.4 Å². The van der Waals surface area contributed by atoms with E-state index in [9.17, 15) is 59.6 Å². The van der Waals surface area contributed by atoms with Crippen LogP contribution in [0.2, 0.25) is 0 Å². The van der Waals surface area contributed by atoms with Crippen LogP contribution in [0.3, 0.4) is 0 Å². The van der Waals surface area contributed by atoms with Crippen molar-refractivity contribution in [2.45, 2.75) is 74.1 Å². The van der Waals surface area contributed by atoms with E-state index in [1.54, 1.807) is 0 Å². The first-order chi connectivity index (χ1) is 19.0. The number of amides is 1. The van der Waals surface area contributed by atoms with Crippen molar-refractivity contribution in [3.63, 3.8) is 0 Å². The lowest BCUT2D eigenvalue weighted by atomic mass is 9.88. The number of carboxylic acids is 1. The predicted octanol–water partition coefficient (Wildman–Crippen LogP) is -5.27. The standard InChI is InChI=1S/C20H31N4O16P/c1-7(26)22-12-8(27)4-20(18(32)33,39-16(12)13(29)9(28)5-25)40-41(35,36)37-6-10-14(30)15(31)17(38-10)24-3-2-11(21)23-19(24)34/h2-3,8-10,12-17,25,27-31H,4-6H2,1H3,(H,22,26)(H,32,33)(H,35,36)(H2,21,23,34)/t8-,9+,10+,12+,13+,14-,15?,16?,17+,20+/m0/s1. The molecule has 2 aliphatic heterocycles. The van der Waals surface area contributed by atoms with E-state index in [2.05, 4.69) is 10.3 Å². The fourth-order valence-electron chi connectivity index (χ4n) is 4.32. The number of nitrogens with two attached hydrogens (primary N) is 1. The monoisotopic (exact) mass is 614 g/mol.